The van der Waals surface area contributed by atoms with Gasteiger partial charge in [0.05, 0.1) is 41.1 Å². The molecule has 5 aromatic heterocycles. The predicted octanol–water partition coefficient (Wildman–Crippen LogP) is 4.87. The number of hydrogen-bond acceptors (Lipinski definition) is 7. The van der Waals surface area contributed by atoms with Crippen molar-refractivity contribution in [3.8, 4) is 34.1 Å². The first kappa shape index (κ1) is 26.0. The van der Waals surface area contributed by atoms with Gasteiger partial charge in [-0.3, -0.25) is 4.79 Å². The molecule has 5 aromatic rings. The Morgan fingerprint density at radius 1 is 1.05 bits per heavy atom. The molecule has 0 aliphatic rings. The zero-order valence-corrected chi connectivity index (χ0v) is 20.5. The molecule has 1 atom stereocenters. The number of pyridine rings is 3. The summed E-state index contributed by atoms with van der Waals surface area (Å²) in [5, 5.41) is 22.5. The quantitative estimate of drug-likeness (QED) is 0.306. The molecule has 39 heavy (non-hydrogen) atoms. The summed E-state index contributed by atoms with van der Waals surface area (Å²) in [5.41, 5.74) is 0.567. The van der Waals surface area contributed by atoms with Crippen molar-refractivity contribution in [3.63, 3.8) is 0 Å². The van der Waals surface area contributed by atoms with Gasteiger partial charge in [0.2, 0.25) is 5.88 Å². The molecule has 0 saturated heterocycles. The molecule has 0 fully saturated rings. The van der Waals surface area contributed by atoms with E-state index in [1.165, 1.54) is 23.7 Å². The topological polar surface area (TPSA) is 107 Å². The zero-order chi connectivity index (χ0) is 27.9. The number of nitrogens with zero attached hydrogens (tertiary/aromatic N) is 6. The van der Waals surface area contributed by atoms with Crippen LogP contribution in [-0.4, -0.2) is 40.6 Å². The Labute approximate surface area is 218 Å². The first-order chi connectivity index (χ1) is 18.5. The van der Waals surface area contributed by atoms with Crippen LogP contribution in [0, 0.1) is 12.7 Å². The zero-order valence-electron chi connectivity index (χ0n) is 20.5. The van der Waals surface area contributed by atoms with Crippen LogP contribution in [0.15, 0.2) is 65.8 Å². The number of aliphatic hydroxyl groups excluding tert-OH is 1. The first-order valence-electron chi connectivity index (χ1n) is 11.6. The maximum atomic E-state index is 15.1. The highest BCUT2D eigenvalue weighted by atomic mass is 19.4. The molecule has 13 heteroatoms. The molecule has 1 unspecified atom stereocenters. The van der Waals surface area contributed by atoms with Gasteiger partial charge in [-0.05, 0) is 44.2 Å². The third kappa shape index (κ3) is 5.34. The molecule has 5 rings (SSSR count). The van der Waals surface area contributed by atoms with E-state index < -0.39 is 30.2 Å². The van der Waals surface area contributed by atoms with Crippen molar-refractivity contribution in [1.82, 2.24) is 29.4 Å². The molecule has 200 valence electrons. The number of hydrogen-bond donors (Lipinski definition) is 1. The van der Waals surface area contributed by atoms with Gasteiger partial charge in [-0.15, -0.1) is 5.10 Å². The number of aryl methyl sites for hydroxylation is 1. The molecule has 1 N–H and O–H groups in total. The van der Waals surface area contributed by atoms with Crippen molar-refractivity contribution in [2.45, 2.75) is 32.7 Å². The number of aromatic nitrogens is 6. The highest BCUT2D eigenvalue weighted by molar-refractivity contribution is 5.80. The Bertz CT molecular complexity index is 1730. The minimum Gasteiger partial charge on any atom is -0.436 e. The van der Waals surface area contributed by atoms with Gasteiger partial charge in [-0.1, -0.05) is 6.07 Å². The lowest BCUT2D eigenvalue weighted by Crippen LogP contribution is -2.29. The Kier molecular flexibility index (Phi) is 6.60. The maximum absolute atomic E-state index is 15.1. The summed E-state index contributed by atoms with van der Waals surface area (Å²) < 4.78 is 60.9. The largest absolute Gasteiger partial charge is 0.436 e. The summed E-state index contributed by atoms with van der Waals surface area (Å²) in [6.07, 6.45) is -1.82. The van der Waals surface area contributed by atoms with E-state index >= 15 is 4.39 Å². The standard InChI is InChI=1S/C26H20F4N6O3/c1-14-3-8-22(34-33-14)39-16-4-7-21-19(11-31-36(21)12-16)20-6-5-17(15(2)37)24(32-20)18-9-10-35(13-26(28,29)30)25(38)23(18)27/h3-12,15,37H,13H2,1-2H3. The van der Waals surface area contributed by atoms with Gasteiger partial charge < -0.3 is 14.4 Å². The van der Waals surface area contributed by atoms with Crippen LogP contribution >= 0.6 is 0 Å². The van der Waals surface area contributed by atoms with E-state index in [-0.39, 0.29) is 21.4 Å². The second kappa shape index (κ2) is 9.91. The second-order valence-electron chi connectivity index (χ2n) is 8.77. The van der Waals surface area contributed by atoms with Gasteiger partial charge in [0.1, 0.15) is 12.3 Å². The molecular formula is C26H20F4N6O3. The van der Waals surface area contributed by atoms with Crippen molar-refractivity contribution in [1.29, 1.82) is 0 Å². The number of halogens is 4. The second-order valence-corrected chi connectivity index (χ2v) is 8.77. The van der Waals surface area contributed by atoms with Crippen molar-refractivity contribution >= 4 is 5.52 Å². The number of aliphatic hydroxyl groups is 1. The molecule has 0 aliphatic heterocycles. The fourth-order valence-electron chi connectivity index (χ4n) is 4.00. The normalized spacial score (nSPS) is 12.6. The minimum atomic E-state index is -4.71. The lowest BCUT2D eigenvalue weighted by Gasteiger charge is -2.15. The SMILES string of the molecule is Cc1ccc(Oc2ccc3c(-c4ccc(C(C)O)c(-c5ccn(CC(F)(F)F)c(=O)c5F)n4)cnn3c2)nn1. The van der Waals surface area contributed by atoms with Crippen molar-refractivity contribution in [3.05, 3.63) is 88.5 Å². The van der Waals surface area contributed by atoms with E-state index in [2.05, 4.69) is 20.3 Å². The molecule has 0 saturated carbocycles. The first-order valence-corrected chi connectivity index (χ1v) is 11.6. The molecule has 5 heterocycles. The summed E-state index contributed by atoms with van der Waals surface area (Å²) in [4.78, 5) is 16.8. The third-order valence-corrected chi connectivity index (χ3v) is 5.85. The summed E-state index contributed by atoms with van der Waals surface area (Å²) in [6, 6.07) is 11.0. The summed E-state index contributed by atoms with van der Waals surface area (Å²) >= 11 is 0. The van der Waals surface area contributed by atoms with Gasteiger partial charge in [-0.25, -0.2) is 13.9 Å². The average Bonchev–Trinajstić information content (AvgIpc) is 3.30. The van der Waals surface area contributed by atoms with Gasteiger partial charge in [-0.2, -0.15) is 23.4 Å². The lowest BCUT2D eigenvalue weighted by atomic mass is 10.0. The van der Waals surface area contributed by atoms with E-state index in [4.69, 9.17) is 4.74 Å². The highest BCUT2D eigenvalue weighted by Gasteiger charge is 2.29. The molecule has 0 bridgehead atoms. The third-order valence-electron chi connectivity index (χ3n) is 5.85. The predicted molar refractivity (Wildman–Crippen MR) is 132 cm³/mol. The molecular weight excluding hydrogens is 520 g/mol. The molecule has 0 radical (unpaired) electrons. The Morgan fingerprint density at radius 2 is 1.85 bits per heavy atom. The summed E-state index contributed by atoms with van der Waals surface area (Å²) in [6.45, 7) is 1.60. The van der Waals surface area contributed by atoms with Crippen LogP contribution in [0.5, 0.6) is 11.6 Å². The minimum absolute atomic E-state index is 0.0755. The van der Waals surface area contributed by atoms with Crippen molar-refractivity contribution < 1.29 is 27.4 Å². The maximum Gasteiger partial charge on any atom is 0.406 e. The Hall–Kier alpha value is -4.65. The summed E-state index contributed by atoms with van der Waals surface area (Å²) in [5.74, 6) is -0.671. The van der Waals surface area contributed by atoms with Gasteiger partial charge in [0, 0.05) is 29.0 Å². The van der Waals surface area contributed by atoms with Crippen LogP contribution in [-0.2, 0) is 6.54 Å². The molecule has 0 aliphatic carbocycles. The average molecular weight is 540 g/mol. The molecule has 0 aromatic carbocycles. The monoisotopic (exact) mass is 540 g/mol. The van der Waals surface area contributed by atoms with Gasteiger partial charge in [0.15, 0.2) is 5.82 Å². The molecule has 9 nitrogen and oxygen atoms in total. The smallest absolute Gasteiger partial charge is 0.406 e. The fraction of sp³-hybridized carbons (Fsp3) is 0.192. The lowest BCUT2D eigenvalue weighted by molar-refractivity contribution is -0.141. The van der Waals surface area contributed by atoms with Gasteiger partial charge in [0.25, 0.3) is 5.56 Å². The van der Waals surface area contributed by atoms with Crippen molar-refractivity contribution in [2.75, 3.05) is 0 Å². The van der Waals surface area contributed by atoms with Crippen LogP contribution in [0.3, 0.4) is 0 Å². The molecule has 0 amide bonds. The van der Waals surface area contributed by atoms with E-state index in [9.17, 15) is 23.1 Å². The van der Waals surface area contributed by atoms with Crippen LogP contribution < -0.4 is 10.3 Å². The number of rotatable bonds is 6. The number of ether oxygens (including phenoxy) is 1. The van der Waals surface area contributed by atoms with Crippen LogP contribution in [0.25, 0.3) is 28.0 Å². The summed E-state index contributed by atoms with van der Waals surface area (Å²) in [7, 11) is 0. The highest BCUT2D eigenvalue weighted by Crippen LogP contribution is 2.33. The Morgan fingerprint density at radius 3 is 2.54 bits per heavy atom. The van der Waals surface area contributed by atoms with Crippen molar-refractivity contribution in [2.24, 2.45) is 0 Å². The Balaban J connectivity index is 1.54. The van der Waals surface area contributed by atoms with E-state index in [0.717, 1.165) is 18.0 Å². The van der Waals surface area contributed by atoms with Crippen LogP contribution in [0.2, 0.25) is 0 Å². The molecule has 0 spiro atoms. The van der Waals surface area contributed by atoms with E-state index in [1.807, 2.05) is 0 Å². The van der Waals surface area contributed by atoms with E-state index in [1.54, 1.807) is 43.5 Å². The van der Waals surface area contributed by atoms with Crippen LogP contribution in [0.4, 0.5) is 17.6 Å². The number of alkyl halides is 3. The number of fused-ring (bicyclic) bond motifs is 1. The fourth-order valence-corrected chi connectivity index (χ4v) is 4.00. The van der Waals surface area contributed by atoms with Gasteiger partial charge >= 0.3 is 6.18 Å². The van der Waals surface area contributed by atoms with E-state index in [0.29, 0.717) is 28.4 Å². The van der Waals surface area contributed by atoms with Crippen LogP contribution in [0.1, 0.15) is 24.3 Å².